The van der Waals surface area contributed by atoms with Crippen molar-refractivity contribution in [3.63, 3.8) is 0 Å². The van der Waals surface area contributed by atoms with Crippen molar-refractivity contribution >= 4 is 23.3 Å². The molecular weight excluding hydrogens is 430 g/mol. The number of ketones is 1. The van der Waals surface area contributed by atoms with E-state index >= 15 is 0 Å². The van der Waals surface area contributed by atoms with E-state index in [1.165, 1.54) is 0 Å². The second-order valence-corrected chi connectivity index (χ2v) is 8.35. The number of carbonyl (C=O) groups excluding carboxylic acids is 3. The summed E-state index contributed by atoms with van der Waals surface area (Å²) in [6, 6.07) is 15.8. The molecule has 1 aromatic heterocycles. The first kappa shape index (κ1) is 23.2. The van der Waals surface area contributed by atoms with Gasteiger partial charge in [0.1, 0.15) is 5.75 Å². The Morgan fingerprint density at radius 3 is 2.26 bits per heavy atom. The third kappa shape index (κ3) is 4.98. The highest BCUT2D eigenvalue weighted by Gasteiger charge is 2.29. The smallest absolute Gasteiger partial charge is 0.255 e. The molecule has 0 bridgehead atoms. The Hall–Kier alpha value is -4.00. The molecule has 1 aliphatic heterocycles. The van der Waals surface area contributed by atoms with Crippen molar-refractivity contribution in [3.05, 3.63) is 89.2 Å². The van der Waals surface area contributed by atoms with Crippen LogP contribution in [-0.2, 0) is 0 Å². The average Bonchev–Trinajstić information content (AvgIpc) is 2.89. The Morgan fingerprint density at radius 1 is 0.941 bits per heavy atom. The molecular formula is C27H27N3O4. The minimum absolute atomic E-state index is 0.0932. The van der Waals surface area contributed by atoms with Gasteiger partial charge in [-0.25, -0.2) is 0 Å². The molecule has 7 nitrogen and oxygen atoms in total. The lowest BCUT2D eigenvalue weighted by atomic mass is 9.88. The number of anilines is 1. The van der Waals surface area contributed by atoms with E-state index in [0.717, 1.165) is 5.56 Å². The highest BCUT2D eigenvalue weighted by molar-refractivity contribution is 6.09. The van der Waals surface area contributed by atoms with Crippen molar-refractivity contribution in [3.8, 4) is 5.75 Å². The van der Waals surface area contributed by atoms with E-state index in [0.29, 0.717) is 54.1 Å². The van der Waals surface area contributed by atoms with Crippen molar-refractivity contribution in [2.24, 2.45) is 5.92 Å². The largest absolute Gasteiger partial charge is 0.497 e. The first-order valence-corrected chi connectivity index (χ1v) is 11.3. The van der Waals surface area contributed by atoms with Crippen molar-refractivity contribution in [1.29, 1.82) is 0 Å². The molecule has 2 amide bonds. The van der Waals surface area contributed by atoms with Gasteiger partial charge in [0.25, 0.3) is 11.8 Å². The van der Waals surface area contributed by atoms with Crippen LogP contribution in [-0.4, -0.2) is 47.7 Å². The molecule has 2 aromatic carbocycles. The van der Waals surface area contributed by atoms with Crippen LogP contribution in [0.3, 0.4) is 0 Å². The van der Waals surface area contributed by atoms with Crippen LogP contribution in [0.1, 0.15) is 49.5 Å². The van der Waals surface area contributed by atoms with Gasteiger partial charge < -0.3 is 15.0 Å². The topological polar surface area (TPSA) is 88.6 Å². The molecule has 1 fully saturated rings. The summed E-state index contributed by atoms with van der Waals surface area (Å²) in [4.78, 5) is 44.7. The number of rotatable bonds is 6. The number of ether oxygens (including phenoxy) is 1. The monoisotopic (exact) mass is 457 g/mol. The van der Waals surface area contributed by atoms with Gasteiger partial charge in [-0.2, -0.15) is 0 Å². The SMILES string of the molecule is COc1ccc(C(=O)C2CCN(C(=O)c3cccc(C)c3NC(=O)c3ccncc3)CC2)cc1. The predicted molar refractivity (Wildman–Crippen MR) is 129 cm³/mol. The Kier molecular flexibility index (Phi) is 7.01. The van der Waals surface area contributed by atoms with E-state index in [1.54, 1.807) is 66.9 Å². The molecule has 0 aliphatic carbocycles. The average molecular weight is 458 g/mol. The number of hydrogen-bond acceptors (Lipinski definition) is 5. The Bertz CT molecular complexity index is 1180. The van der Waals surface area contributed by atoms with Crippen LogP contribution in [0, 0.1) is 12.8 Å². The lowest BCUT2D eigenvalue weighted by Gasteiger charge is -2.32. The standard InChI is InChI=1S/C27H27N3O4/c1-18-4-3-5-23(24(18)29-26(32)21-10-14-28-15-11-21)27(33)30-16-12-20(13-17-30)25(31)19-6-8-22(34-2)9-7-19/h3-11,14-15,20H,12-13,16-17H2,1-2H3,(H,29,32). The molecule has 3 aromatic rings. The van der Waals surface area contributed by atoms with Crippen molar-refractivity contribution < 1.29 is 19.1 Å². The second-order valence-electron chi connectivity index (χ2n) is 8.35. The molecule has 4 rings (SSSR count). The molecule has 1 saturated heterocycles. The molecule has 0 unspecified atom stereocenters. The number of pyridine rings is 1. The summed E-state index contributed by atoms with van der Waals surface area (Å²) in [5.74, 6) is 0.233. The number of carbonyl (C=O) groups is 3. The van der Waals surface area contributed by atoms with Gasteiger partial charge in [0.2, 0.25) is 0 Å². The number of nitrogens with zero attached hydrogens (tertiary/aromatic N) is 2. The van der Waals surface area contributed by atoms with Gasteiger partial charge in [-0.3, -0.25) is 19.4 Å². The molecule has 0 atom stereocenters. The third-order valence-corrected chi connectivity index (χ3v) is 6.21. The molecule has 2 heterocycles. The molecule has 0 saturated carbocycles. The number of piperidine rings is 1. The summed E-state index contributed by atoms with van der Waals surface area (Å²) in [5.41, 5.74) is 2.88. The van der Waals surface area contributed by atoms with Gasteiger partial charge in [-0.1, -0.05) is 12.1 Å². The zero-order valence-electron chi connectivity index (χ0n) is 19.3. The van der Waals surface area contributed by atoms with Gasteiger partial charge in [-0.05, 0) is 67.8 Å². The van der Waals surface area contributed by atoms with E-state index in [1.807, 2.05) is 19.1 Å². The number of para-hydroxylation sites is 1. The summed E-state index contributed by atoms with van der Waals surface area (Å²) >= 11 is 0. The minimum Gasteiger partial charge on any atom is -0.497 e. The fourth-order valence-corrected chi connectivity index (χ4v) is 4.21. The predicted octanol–water partition coefficient (Wildman–Crippen LogP) is 4.39. The zero-order valence-corrected chi connectivity index (χ0v) is 19.3. The van der Waals surface area contributed by atoms with Crippen molar-refractivity contribution in [2.45, 2.75) is 19.8 Å². The van der Waals surface area contributed by atoms with Gasteiger partial charge >= 0.3 is 0 Å². The maximum Gasteiger partial charge on any atom is 0.255 e. The van der Waals surface area contributed by atoms with E-state index in [9.17, 15) is 14.4 Å². The molecule has 1 N–H and O–H groups in total. The number of amides is 2. The molecule has 1 aliphatic rings. The number of aromatic nitrogens is 1. The van der Waals surface area contributed by atoms with Crippen LogP contribution < -0.4 is 10.1 Å². The first-order valence-electron chi connectivity index (χ1n) is 11.3. The summed E-state index contributed by atoms with van der Waals surface area (Å²) in [6.07, 6.45) is 4.30. The van der Waals surface area contributed by atoms with Crippen LogP contribution >= 0.6 is 0 Å². The van der Waals surface area contributed by atoms with Gasteiger partial charge in [0.05, 0.1) is 18.4 Å². The number of Topliss-reactive ketones (excluding diaryl/α,β-unsaturated/α-hetero) is 1. The van der Waals surface area contributed by atoms with E-state index in [-0.39, 0.29) is 23.5 Å². The number of methoxy groups -OCH3 is 1. The quantitative estimate of drug-likeness (QED) is 0.555. The minimum atomic E-state index is -0.297. The van der Waals surface area contributed by atoms with Crippen LogP contribution in [0.5, 0.6) is 5.75 Å². The Labute approximate surface area is 198 Å². The van der Waals surface area contributed by atoms with Crippen LogP contribution in [0.25, 0.3) is 0 Å². The fraction of sp³-hybridized carbons (Fsp3) is 0.259. The van der Waals surface area contributed by atoms with Crippen LogP contribution in [0.4, 0.5) is 5.69 Å². The van der Waals surface area contributed by atoms with Gasteiger partial charge in [0.15, 0.2) is 5.78 Å². The molecule has 34 heavy (non-hydrogen) atoms. The normalized spacial score (nSPS) is 13.9. The molecule has 0 radical (unpaired) electrons. The zero-order chi connectivity index (χ0) is 24.1. The number of likely N-dealkylation sites (tertiary alicyclic amines) is 1. The van der Waals surface area contributed by atoms with E-state index in [4.69, 9.17) is 4.74 Å². The summed E-state index contributed by atoms with van der Waals surface area (Å²) in [5, 5.41) is 2.89. The maximum atomic E-state index is 13.4. The molecule has 0 spiro atoms. The fourth-order valence-electron chi connectivity index (χ4n) is 4.21. The molecule has 7 heteroatoms. The number of aryl methyl sites for hydroxylation is 1. The third-order valence-electron chi connectivity index (χ3n) is 6.21. The van der Waals surface area contributed by atoms with E-state index < -0.39 is 0 Å². The van der Waals surface area contributed by atoms with Crippen LogP contribution in [0.2, 0.25) is 0 Å². The van der Waals surface area contributed by atoms with Gasteiger partial charge in [-0.15, -0.1) is 0 Å². The number of nitrogens with one attached hydrogen (secondary N) is 1. The highest BCUT2D eigenvalue weighted by Crippen LogP contribution is 2.27. The number of benzene rings is 2. The second kappa shape index (κ2) is 10.3. The Morgan fingerprint density at radius 2 is 1.62 bits per heavy atom. The Balaban J connectivity index is 1.44. The van der Waals surface area contributed by atoms with Crippen molar-refractivity contribution in [1.82, 2.24) is 9.88 Å². The maximum absolute atomic E-state index is 13.4. The number of hydrogen-bond donors (Lipinski definition) is 1. The first-order chi connectivity index (χ1) is 16.5. The van der Waals surface area contributed by atoms with E-state index in [2.05, 4.69) is 10.3 Å². The van der Waals surface area contributed by atoms with Crippen molar-refractivity contribution in [2.75, 3.05) is 25.5 Å². The molecule has 174 valence electrons. The summed E-state index contributed by atoms with van der Waals surface area (Å²) < 4.78 is 5.16. The highest BCUT2D eigenvalue weighted by atomic mass is 16.5. The summed E-state index contributed by atoms with van der Waals surface area (Å²) in [7, 11) is 1.59. The van der Waals surface area contributed by atoms with Crippen LogP contribution in [0.15, 0.2) is 67.0 Å². The lowest BCUT2D eigenvalue weighted by Crippen LogP contribution is -2.40. The summed E-state index contributed by atoms with van der Waals surface area (Å²) in [6.45, 7) is 2.83. The van der Waals surface area contributed by atoms with Gasteiger partial charge in [0, 0.05) is 42.5 Å². The lowest BCUT2D eigenvalue weighted by molar-refractivity contribution is 0.0651.